The number of aliphatic hydroxyl groups is 2. The zero-order valence-electron chi connectivity index (χ0n) is 14.3. The molecule has 0 aliphatic rings. The third-order valence-electron chi connectivity index (χ3n) is 3.83. The van der Waals surface area contributed by atoms with Crippen LogP contribution in [0, 0.1) is 0 Å². The largest absolute Gasteiger partial charge is 0.497 e. The number of nitrogens with one attached hydrogen (secondary N) is 1. The topological polar surface area (TPSA) is 96.7 Å². The Bertz CT molecular complexity index is 867. The standard InChI is InChI=1S/C18H19N3O4S/c1-24-12-5-3-11(4-6-12)17(23)14-9-13(25-2)7-8-15(14)19-18-21-20-16(10-22)26-18/h3-9,17,22-23H,10H2,1-2H3,(H,19,21). The second kappa shape index (κ2) is 8.13. The van der Waals surface area contributed by atoms with Gasteiger partial charge in [-0.25, -0.2) is 0 Å². The van der Waals surface area contributed by atoms with Crippen molar-refractivity contribution < 1.29 is 19.7 Å². The Hall–Kier alpha value is -2.68. The maximum Gasteiger partial charge on any atom is 0.210 e. The lowest BCUT2D eigenvalue weighted by Gasteiger charge is -2.17. The molecule has 0 spiro atoms. The summed E-state index contributed by atoms with van der Waals surface area (Å²) in [6.07, 6.45) is -0.872. The zero-order valence-corrected chi connectivity index (χ0v) is 15.2. The number of hydrogen-bond donors (Lipinski definition) is 3. The van der Waals surface area contributed by atoms with Crippen molar-refractivity contribution in [2.45, 2.75) is 12.7 Å². The number of aromatic nitrogens is 2. The Labute approximate surface area is 154 Å². The van der Waals surface area contributed by atoms with Crippen LogP contribution in [0.1, 0.15) is 22.2 Å². The van der Waals surface area contributed by atoms with Crippen LogP contribution in [0.4, 0.5) is 10.8 Å². The minimum atomic E-state index is -0.872. The lowest BCUT2D eigenvalue weighted by molar-refractivity contribution is 0.220. The number of anilines is 2. The van der Waals surface area contributed by atoms with Crippen molar-refractivity contribution in [3.05, 3.63) is 58.6 Å². The fraction of sp³-hybridized carbons (Fsp3) is 0.222. The zero-order chi connectivity index (χ0) is 18.5. The number of methoxy groups -OCH3 is 2. The lowest BCUT2D eigenvalue weighted by Crippen LogP contribution is -2.05. The number of benzene rings is 2. The Balaban J connectivity index is 1.94. The molecule has 3 N–H and O–H groups in total. The van der Waals surface area contributed by atoms with Gasteiger partial charge in [-0.2, -0.15) is 0 Å². The third kappa shape index (κ3) is 3.93. The Morgan fingerprint density at radius 1 is 1.04 bits per heavy atom. The van der Waals surface area contributed by atoms with E-state index >= 15 is 0 Å². The second-order valence-corrected chi connectivity index (χ2v) is 6.48. The van der Waals surface area contributed by atoms with Crippen LogP contribution in [0.25, 0.3) is 0 Å². The van der Waals surface area contributed by atoms with Gasteiger partial charge in [0, 0.05) is 11.3 Å². The highest BCUT2D eigenvalue weighted by molar-refractivity contribution is 7.15. The van der Waals surface area contributed by atoms with Gasteiger partial charge >= 0.3 is 0 Å². The van der Waals surface area contributed by atoms with E-state index in [-0.39, 0.29) is 6.61 Å². The van der Waals surface area contributed by atoms with Gasteiger partial charge in [0.2, 0.25) is 5.13 Å². The Kier molecular flexibility index (Phi) is 5.67. The molecule has 1 atom stereocenters. The summed E-state index contributed by atoms with van der Waals surface area (Å²) >= 11 is 1.25. The minimum absolute atomic E-state index is 0.163. The molecule has 8 heteroatoms. The molecule has 136 valence electrons. The van der Waals surface area contributed by atoms with Crippen molar-refractivity contribution in [2.24, 2.45) is 0 Å². The van der Waals surface area contributed by atoms with Gasteiger partial charge in [0.1, 0.15) is 22.6 Å². The van der Waals surface area contributed by atoms with Crippen LogP contribution in [-0.4, -0.2) is 34.6 Å². The number of aliphatic hydroxyl groups excluding tert-OH is 2. The van der Waals surface area contributed by atoms with Gasteiger partial charge in [-0.15, -0.1) is 10.2 Å². The maximum absolute atomic E-state index is 10.9. The second-order valence-electron chi connectivity index (χ2n) is 5.41. The van der Waals surface area contributed by atoms with Gasteiger partial charge in [0.15, 0.2) is 0 Å². The van der Waals surface area contributed by atoms with Gasteiger partial charge < -0.3 is 25.0 Å². The highest BCUT2D eigenvalue weighted by Crippen LogP contribution is 2.34. The number of ether oxygens (including phenoxy) is 2. The van der Waals surface area contributed by atoms with E-state index in [1.165, 1.54) is 11.3 Å². The van der Waals surface area contributed by atoms with E-state index in [2.05, 4.69) is 15.5 Å². The van der Waals surface area contributed by atoms with Gasteiger partial charge in [-0.1, -0.05) is 23.5 Å². The summed E-state index contributed by atoms with van der Waals surface area (Å²) in [6.45, 7) is -0.163. The predicted molar refractivity (Wildman–Crippen MR) is 99.2 cm³/mol. The predicted octanol–water partition coefficient (Wildman–Crippen LogP) is 2.87. The summed E-state index contributed by atoms with van der Waals surface area (Å²) in [5, 5.41) is 32.1. The summed E-state index contributed by atoms with van der Waals surface area (Å²) in [5.74, 6) is 1.35. The van der Waals surface area contributed by atoms with Crippen molar-refractivity contribution >= 4 is 22.2 Å². The van der Waals surface area contributed by atoms with Gasteiger partial charge in [-0.3, -0.25) is 0 Å². The van der Waals surface area contributed by atoms with Crippen LogP contribution in [0.5, 0.6) is 11.5 Å². The summed E-state index contributed by atoms with van der Waals surface area (Å²) < 4.78 is 10.4. The molecule has 0 fully saturated rings. The Morgan fingerprint density at radius 3 is 2.35 bits per heavy atom. The monoisotopic (exact) mass is 373 g/mol. The average Bonchev–Trinajstić information content (AvgIpc) is 3.15. The molecule has 1 unspecified atom stereocenters. The van der Waals surface area contributed by atoms with Gasteiger partial charge in [0.25, 0.3) is 0 Å². The average molecular weight is 373 g/mol. The van der Waals surface area contributed by atoms with Crippen LogP contribution in [0.15, 0.2) is 42.5 Å². The molecule has 0 aliphatic heterocycles. The molecule has 0 saturated heterocycles. The van der Waals surface area contributed by atoms with Crippen molar-refractivity contribution in [2.75, 3.05) is 19.5 Å². The highest BCUT2D eigenvalue weighted by Gasteiger charge is 2.17. The number of hydrogen-bond acceptors (Lipinski definition) is 8. The van der Waals surface area contributed by atoms with E-state index in [9.17, 15) is 5.11 Å². The van der Waals surface area contributed by atoms with E-state index < -0.39 is 6.10 Å². The lowest BCUT2D eigenvalue weighted by atomic mass is 9.99. The number of nitrogens with zero attached hydrogens (tertiary/aromatic N) is 2. The summed E-state index contributed by atoms with van der Waals surface area (Å²) in [6, 6.07) is 12.6. The summed E-state index contributed by atoms with van der Waals surface area (Å²) in [4.78, 5) is 0. The van der Waals surface area contributed by atoms with E-state index in [4.69, 9.17) is 14.6 Å². The molecule has 0 amide bonds. The molecular formula is C18H19N3O4S. The quantitative estimate of drug-likeness (QED) is 0.586. The molecule has 3 rings (SSSR count). The van der Waals surface area contributed by atoms with Gasteiger partial charge in [0.05, 0.1) is 20.8 Å². The first-order chi connectivity index (χ1) is 12.6. The first-order valence-electron chi connectivity index (χ1n) is 7.84. The van der Waals surface area contributed by atoms with E-state index in [0.717, 1.165) is 11.3 Å². The normalized spacial score (nSPS) is 11.8. The van der Waals surface area contributed by atoms with E-state index in [1.807, 2.05) is 12.1 Å². The molecule has 7 nitrogen and oxygen atoms in total. The van der Waals surface area contributed by atoms with Crippen LogP contribution >= 0.6 is 11.3 Å². The molecule has 1 heterocycles. The third-order valence-corrected chi connectivity index (χ3v) is 4.65. The van der Waals surface area contributed by atoms with Crippen molar-refractivity contribution in [3.63, 3.8) is 0 Å². The molecule has 26 heavy (non-hydrogen) atoms. The van der Waals surface area contributed by atoms with E-state index in [1.54, 1.807) is 44.6 Å². The highest BCUT2D eigenvalue weighted by atomic mass is 32.1. The molecule has 0 aliphatic carbocycles. The summed E-state index contributed by atoms with van der Waals surface area (Å²) in [7, 11) is 3.17. The first kappa shape index (κ1) is 18.1. The maximum atomic E-state index is 10.9. The summed E-state index contributed by atoms with van der Waals surface area (Å²) in [5.41, 5.74) is 2.03. The molecule has 0 radical (unpaired) electrons. The van der Waals surface area contributed by atoms with Crippen LogP contribution < -0.4 is 14.8 Å². The molecule has 0 bridgehead atoms. The van der Waals surface area contributed by atoms with Crippen molar-refractivity contribution in [1.82, 2.24) is 10.2 Å². The molecule has 1 aromatic heterocycles. The van der Waals surface area contributed by atoms with E-state index in [0.29, 0.717) is 27.1 Å². The molecule has 0 saturated carbocycles. The first-order valence-corrected chi connectivity index (χ1v) is 8.66. The number of rotatable bonds is 7. The van der Waals surface area contributed by atoms with Crippen molar-refractivity contribution in [1.29, 1.82) is 0 Å². The Morgan fingerprint density at radius 2 is 1.73 bits per heavy atom. The van der Waals surface area contributed by atoms with Crippen LogP contribution in [0.3, 0.4) is 0 Å². The van der Waals surface area contributed by atoms with Crippen LogP contribution in [0.2, 0.25) is 0 Å². The molecular weight excluding hydrogens is 354 g/mol. The fourth-order valence-corrected chi connectivity index (χ4v) is 3.07. The fourth-order valence-electron chi connectivity index (χ4n) is 2.46. The van der Waals surface area contributed by atoms with Gasteiger partial charge in [-0.05, 0) is 35.9 Å². The SMILES string of the molecule is COc1ccc(C(O)c2cc(OC)ccc2Nc2nnc(CO)s2)cc1. The minimum Gasteiger partial charge on any atom is -0.497 e. The molecule has 2 aromatic carbocycles. The van der Waals surface area contributed by atoms with Crippen LogP contribution in [-0.2, 0) is 6.61 Å². The molecule has 3 aromatic rings. The van der Waals surface area contributed by atoms with Crippen molar-refractivity contribution in [3.8, 4) is 11.5 Å². The smallest absolute Gasteiger partial charge is 0.210 e.